The second-order valence-electron chi connectivity index (χ2n) is 8.03. The lowest BCUT2D eigenvalue weighted by Crippen LogP contribution is -2.34. The van der Waals surface area contributed by atoms with Crippen LogP contribution >= 0.6 is 0 Å². The fourth-order valence-corrected chi connectivity index (χ4v) is 3.83. The van der Waals surface area contributed by atoms with Crippen LogP contribution in [-0.4, -0.2) is 56.2 Å². The molecule has 0 saturated carbocycles. The third kappa shape index (κ3) is 5.48. The standard InChI is InChI=1S/C23H32N4O2/c1-17(24)19-6-7-20-14-25-15-22(21(20)13-19)27-10-8-18(9-11-27)5-4-12-29-16-23(28)26(2)3/h6-7,13-15,18H,1,4-5,8-12,16,24H2,2-3H3. The largest absolute Gasteiger partial charge is 0.399 e. The molecule has 1 amide bonds. The Balaban J connectivity index is 1.51. The number of hydrogen-bond donors (Lipinski definition) is 1. The van der Waals surface area contributed by atoms with E-state index in [1.54, 1.807) is 19.0 Å². The highest BCUT2D eigenvalue weighted by molar-refractivity contribution is 5.95. The molecule has 1 aliphatic heterocycles. The molecule has 1 aromatic heterocycles. The highest BCUT2D eigenvalue weighted by atomic mass is 16.5. The molecule has 1 saturated heterocycles. The average molecular weight is 397 g/mol. The summed E-state index contributed by atoms with van der Waals surface area (Å²) in [6, 6.07) is 6.18. The van der Waals surface area contributed by atoms with E-state index in [1.165, 1.54) is 11.1 Å². The van der Waals surface area contributed by atoms with Crippen molar-refractivity contribution in [1.82, 2.24) is 9.88 Å². The molecule has 2 heterocycles. The minimum atomic E-state index is 0.0170. The molecule has 1 aliphatic rings. The van der Waals surface area contributed by atoms with Gasteiger partial charge in [-0.1, -0.05) is 18.7 Å². The number of amides is 1. The molecule has 156 valence electrons. The maximum Gasteiger partial charge on any atom is 0.248 e. The smallest absolute Gasteiger partial charge is 0.248 e. The van der Waals surface area contributed by atoms with Crippen molar-refractivity contribution >= 4 is 28.1 Å². The van der Waals surface area contributed by atoms with E-state index in [0.29, 0.717) is 18.2 Å². The first-order valence-corrected chi connectivity index (χ1v) is 10.3. The number of piperidine rings is 1. The number of likely N-dealkylation sites (N-methyl/N-ethyl adjacent to an activating group) is 1. The molecule has 6 nitrogen and oxygen atoms in total. The van der Waals surface area contributed by atoms with E-state index in [-0.39, 0.29) is 12.5 Å². The predicted molar refractivity (Wildman–Crippen MR) is 119 cm³/mol. The summed E-state index contributed by atoms with van der Waals surface area (Å²) < 4.78 is 5.49. The van der Waals surface area contributed by atoms with Crippen molar-refractivity contribution < 1.29 is 9.53 Å². The van der Waals surface area contributed by atoms with Crippen LogP contribution in [0.15, 0.2) is 37.2 Å². The van der Waals surface area contributed by atoms with Crippen LogP contribution in [0.4, 0.5) is 5.69 Å². The Morgan fingerprint density at radius 3 is 2.76 bits per heavy atom. The van der Waals surface area contributed by atoms with Crippen molar-refractivity contribution in [3.05, 3.63) is 42.7 Å². The summed E-state index contributed by atoms with van der Waals surface area (Å²) in [5.74, 6) is 0.727. The molecule has 6 heteroatoms. The first-order valence-electron chi connectivity index (χ1n) is 10.3. The zero-order chi connectivity index (χ0) is 20.8. The summed E-state index contributed by atoms with van der Waals surface area (Å²) in [4.78, 5) is 19.9. The van der Waals surface area contributed by atoms with Gasteiger partial charge >= 0.3 is 0 Å². The van der Waals surface area contributed by atoms with Gasteiger partial charge in [0.05, 0.1) is 11.9 Å². The number of carbonyl (C=O) groups excluding carboxylic acids is 1. The van der Waals surface area contributed by atoms with Crippen molar-refractivity contribution in [2.75, 3.05) is 45.3 Å². The zero-order valence-electron chi connectivity index (χ0n) is 17.6. The first kappa shape index (κ1) is 21.1. The van der Waals surface area contributed by atoms with Crippen molar-refractivity contribution in [1.29, 1.82) is 0 Å². The van der Waals surface area contributed by atoms with E-state index in [9.17, 15) is 4.79 Å². The Morgan fingerprint density at radius 1 is 1.31 bits per heavy atom. The second-order valence-corrected chi connectivity index (χ2v) is 8.03. The number of anilines is 1. The summed E-state index contributed by atoms with van der Waals surface area (Å²) >= 11 is 0. The summed E-state index contributed by atoms with van der Waals surface area (Å²) in [7, 11) is 3.50. The molecule has 29 heavy (non-hydrogen) atoms. The minimum Gasteiger partial charge on any atom is -0.399 e. The van der Waals surface area contributed by atoms with Crippen LogP contribution < -0.4 is 10.6 Å². The summed E-state index contributed by atoms with van der Waals surface area (Å²) in [5.41, 5.74) is 8.62. The molecule has 2 aromatic rings. The number of fused-ring (bicyclic) bond motifs is 1. The van der Waals surface area contributed by atoms with E-state index >= 15 is 0 Å². The Hall–Kier alpha value is -2.60. The quantitative estimate of drug-likeness (QED) is 0.694. The van der Waals surface area contributed by atoms with Gasteiger partial charge < -0.3 is 20.3 Å². The number of hydrogen-bond acceptors (Lipinski definition) is 5. The zero-order valence-corrected chi connectivity index (χ0v) is 17.6. The number of rotatable bonds is 8. The summed E-state index contributed by atoms with van der Waals surface area (Å²) in [6.07, 6.45) is 8.34. The fraction of sp³-hybridized carbons (Fsp3) is 0.478. The predicted octanol–water partition coefficient (Wildman–Crippen LogP) is 3.27. The lowest BCUT2D eigenvalue weighted by Gasteiger charge is -2.34. The third-order valence-corrected chi connectivity index (χ3v) is 5.69. The molecule has 3 rings (SSSR count). The fourth-order valence-electron chi connectivity index (χ4n) is 3.83. The summed E-state index contributed by atoms with van der Waals surface area (Å²) in [6.45, 7) is 6.74. The number of carbonyl (C=O) groups is 1. The maximum absolute atomic E-state index is 11.5. The molecular formula is C23H32N4O2. The SMILES string of the molecule is C=C(N)c1ccc2cncc(N3CCC(CCCOCC(=O)N(C)C)CC3)c2c1. The van der Waals surface area contributed by atoms with E-state index in [0.717, 1.165) is 49.7 Å². The number of nitrogens with zero attached hydrogens (tertiary/aromatic N) is 3. The molecule has 1 aromatic carbocycles. The van der Waals surface area contributed by atoms with Crippen molar-refractivity contribution in [2.24, 2.45) is 11.7 Å². The Labute approximate surface area is 173 Å². The van der Waals surface area contributed by atoms with Crippen molar-refractivity contribution in [2.45, 2.75) is 25.7 Å². The normalized spacial score (nSPS) is 14.9. The maximum atomic E-state index is 11.5. The number of ether oxygens (including phenoxy) is 1. The number of benzene rings is 1. The van der Waals surface area contributed by atoms with Crippen LogP contribution in [0.5, 0.6) is 0 Å². The molecule has 0 radical (unpaired) electrons. The molecule has 0 atom stereocenters. The monoisotopic (exact) mass is 396 g/mol. The number of nitrogens with two attached hydrogens (primary N) is 1. The van der Waals surface area contributed by atoms with Crippen LogP contribution in [-0.2, 0) is 9.53 Å². The van der Waals surface area contributed by atoms with Gasteiger partial charge in [0, 0.05) is 56.5 Å². The van der Waals surface area contributed by atoms with E-state index in [2.05, 4.69) is 28.6 Å². The molecular weight excluding hydrogens is 364 g/mol. The van der Waals surface area contributed by atoms with Crippen molar-refractivity contribution in [3.8, 4) is 0 Å². The van der Waals surface area contributed by atoms with E-state index in [1.807, 2.05) is 18.5 Å². The van der Waals surface area contributed by atoms with Crippen molar-refractivity contribution in [3.63, 3.8) is 0 Å². The Kier molecular flexibility index (Phi) is 7.09. The van der Waals surface area contributed by atoms with Crippen LogP contribution in [0.25, 0.3) is 16.5 Å². The van der Waals surface area contributed by atoms with Gasteiger partial charge in [0.1, 0.15) is 6.61 Å². The van der Waals surface area contributed by atoms with Crippen LogP contribution in [0, 0.1) is 5.92 Å². The molecule has 0 spiro atoms. The second kappa shape index (κ2) is 9.74. The van der Waals surface area contributed by atoms with Gasteiger partial charge in [-0.2, -0.15) is 0 Å². The molecule has 0 unspecified atom stereocenters. The lowest BCUT2D eigenvalue weighted by atomic mass is 9.92. The minimum absolute atomic E-state index is 0.0170. The van der Waals surface area contributed by atoms with E-state index < -0.39 is 0 Å². The first-order chi connectivity index (χ1) is 14.0. The number of pyridine rings is 1. The molecule has 0 aliphatic carbocycles. The third-order valence-electron chi connectivity index (χ3n) is 5.69. The van der Waals surface area contributed by atoms with Gasteiger partial charge in [0.25, 0.3) is 0 Å². The average Bonchev–Trinajstić information content (AvgIpc) is 2.73. The Morgan fingerprint density at radius 2 is 2.07 bits per heavy atom. The van der Waals surface area contributed by atoms with E-state index in [4.69, 9.17) is 10.5 Å². The van der Waals surface area contributed by atoms with Crippen LogP contribution in [0.1, 0.15) is 31.2 Å². The highest BCUT2D eigenvalue weighted by Crippen LogP contribution is 2.31. The van der Waals surface area contributed by atoms with Crippen LogP contribution in [0.2, 0.25) is 0 Å². The summed E-state index contributed by atoms with van der Waals surface area (Å²) in [5, 5.41) is 2.31. The van der Waals surface area contributed by atoms with Gasteiger partial charge in [-0.25, -0.2) is 0 Å². The molecule has 0 bridgehead atoms. The van der Waals surface area contributed by atoms with Gasteiger partial charge in [0.2, 0.25) is 5.91 Å². The Bertz CT molecular complexity index is 857. The van der Waals surface area contributed by atoms with Gasteiger partial charge in [-0.15, -0.1) is 0 Å². The lowest BCUT2D eigenvalue weighted by molar-refractivity contribution is -0.133. The van der Waals surface area contributed by atoms with Gasteiger partial charge in [-0.3, -0.25) is 9.78 Å². The molecule has 1 fully saturated rings. The molecule has 2 N–H and O–H groups in total. The van der Waals surface area contributed by atoms with Gasteiger partial charge in [0.15, 0.2) is 0 Å². The van der Waals surface area contributed by atoms with Crippen LogP contribution in [0.3, 0.4) is 0 Å². The number of aromatic nitrogens is 1. The van der Waals surface area contributed by atoms with Gasteiger partial charge in [-0.05, 0) is 43.2 Å². The topological polar surface area (TPSA) is 71.7 Å². The highest BCUT2D eigenvalue weighted by Gasteiger charge is 2.21.